The van der Waals surface area contributed by atoms with Crippen molar-refractivity contribution < 1.29 is 13.9 Å². The second kappa shape index (κ2) is 9.22. The first-order valence-electron chi connectivity index (χ1n) is 12.0. The Morgan fingerprint density at radius 2 is 1.83 bits per heavy atom. The SMILES string of the molecule is CC(C)(C)OC(=O)N1Cc2cc(Cl)ccc2-n2c(nnc2[C@H]2CC[C@H](c3cccnc3F)CC2)C1. The standard InChI is InChI=1S/C26H29ClFN5O2/c1-26(2,3)35-25(34)32-14-18-13-19(27)10-11-21(18)33-22(15-32)30-31-24(33)17-8-6-16(7-9-17)20-5-4-12-29-23(20)28/h4-5,10-13,16-17H,6-9,14-15H2,1-3H3/t16-,17-. The van der Waals surface area contributed by atoms with E-state index in [4.69, 9.17) is 16.3 Å². The molecule has 0 unspecified atom stereocenters. The number of rotatable bonds is 2. The van der Waals surface area contributed by atoms with Crippen LogP contribution in [0.1, 0.15) is 81.1 Å². The van der Waals surface area contributed by atoms with Gasteiger partial charge in [0, 0.05) is 22.7 Å². The largest absolute Gasteiger partial charge is 0.444 e. The van der Waals surface area contributed by atoms with Gasteiger partial charge in [0.2, 0.25) is 5.95 Å². The number of carbonyl (C=O) groups is 1. The molecule has 7 nitrogen and oxygen atoms in total. The summed E-state index contributed by atoms with van der Waals surface area (Å²) in [6, 6.07) is 9.32. The lowest BCUT2D eigenvalue weighted by Crippen LogP contribution is -2.35. The Hall–Kier alpha value is -3.00. The van der Waals surface area contributed by atoms with Gasteiger partial charge in [-0.05, 0) is 82.2 Å². The summed E-state index contributed by atoms with van der Waals surface area (Å²) in [5.74, 6) is 1.52. The zero-order chi connectivity index (χ0) is 24.7. The molecule has 0 N–H and O–H groups in total. The third-order valence-electron chi connectivity index (χ3n) is 6.70. The monoisotopic (exact) mass is 497 g/mol. The van der Waals surface area contributed by atoms with E-state index in [1.165, 1.54) is 6.20 Å². The fraction of sp³-hybridized carbons (Fsp3) is 0.462. The first kappa shape index (κ1) is 23.7. The summed E-state index contributed by atoms with van der Waals surface area (Å²) in [6.07, 6.45) is 4.53. The molecule has 0 atom stereocenters. The van der Waals surface area contributed by atoms with Gasteiger partial charge in [0.05, 0.1) is 18.8 Å². The molecule has 1 saturated carbocycles. The third-order valence-corrected chi connectivity index (χ3v) is 6.94. The van der Waals surface area contributed by atoms with E-state index in [0.717, 1.165) is 42.8 Å². The van der Waals surface area contributed by atoms with E-state index in [0.29, 0.717) is 23.0 Å². The van der Waals surface area contributed by atoms with Crippen LogP contribution in [0.5, 0.6) is 0 Å². The van der Waals surface area contributed by atoms with Gasteiger partial charge in [-0.2, -0.15) is 4.39 Å². The molecule has 0 spiro atoms. The van der Waals surface area contributed by atoms with E-state index in [1.54, 1.807) is 11.0 Å². The van der Waals surface area contributed by atoms with Crippen LogP contribution in [0.3, 0.4) is 0 Å². The molecule has 1 aromatic carbocycles. The van der Waals surface area contributed by atoms with E-state index < -0.39 is 11.7 Å². The van der Waals surface area contributed by atoms with Gasteiger partial charge in [-0.3, -0.25) is 9.47 Å². The molecule has 1 amide bonds. The number of ether oxygens (including phenoxy) is 1. The van der Waals surface area contributed by atoms with Crippen LogP contribution in [0.4, 0.5) is 9.18 Å². The second-order valence-electron chi connectivity index (χ2n) is 10.4. The molecule has 1 fully saturated rings. The molecule has 0 bridgehead atoms. The van der Waals surface area contributed by atoms with Gasteiger partial charge in [0.25, 0.3) is 0 Å². The van der Waals surface area contributed by atoms with E-state index in [2.05, 4.69) is 19.7 Å². The number of carbonyl (C=O) groups excluding carboxylic acids is 1. The normalized spacial score (nSPS) is 20.1. The molecule has 5 rings (SSSR count). The molecule has 35 heavy (non-hydrogen) atoms. The summed E-state index contributed by atoms with van der Waals surface area (Å²) >= 11 is 6.33. The number of hydrogen-bond donors (Lipinski definition) is 0. The number of amides is 1. The number of nitrogens with zero attached hydrogens (tertiary/aromatic N) is 5. The number of pyridine rings is 1. The summed E-state index contributed by atoms with van der Waals surface area (Å²) in [7, 11) is 0. The summed E-state index contributed by atoms with van der Waals surface area (Å²) in [5.41, 5.74) is 1.93. The molecule has 9 heteroatoms. The van der Waals surface area contributed by atoms with Crippen molar-refractivity contribution >= 4 is 17.7 Å². The van der Waals surface area contributed by atoms with Crippen LogP contribution >= 0.6 is 11.6 Å². The van der Waals surface area contributed by atoms with E-state index in [-0.39, 0.29) is 24.3 Å². The minimum Gasteiger partial charge on any atom is -0.444 e. The number of fused-ring (bicyclic) bond motifs is 3. The van der Waals surface area contributed by atoms with Gasteiger partial charge < -0.3 is 4.74 Å². The minimum absolute atomic E-state index is 0.153. The summed E-state index contributed by atoms with van der Waals surface area (Å²) in [4.78, 5) is 18.4. The Morgan fingerprint density at radius 1 is 1.09 bits per heavy atom. The second-order valence-corrected chi connectivity index (χ2v) is 10.8. The molecule has 1 aliphatic heterocycles. The summed E-state index contributed by atoms with van der Waals surface area (Å²) in [6.45, 7) is 6.19. The van der Waals surface area contributed by atoms with Crippen LogP contribution in [0.15, 0.2) is 36.5 Å². The van der Waals surface area contributed by atoms with Crippen LogP contribution in [-0.2, 0) is 17.8 Å². The van der Waals surface area contributed by atoms with E-state index in [9.17, 15) is 9.18 Å². The van der Waals surface area contributed by atoms with Gasteiger partial charge in [0.15, 0.2) is 5.82 Å². The lowest BCUT2D eigenvalue weighted by Gasteiger charge is -2.28. The van der Waals surface area contributed by atoms with Crippen LogP contribution in [0.25, 0.3) is 5.69 Å². The Morgan fingerprint density at radius 3 is 2.54 bits per heavy atom. The quantitative estimate of drug-likeness (QED) is 0.397. The minimum atomic E-state index is -0.605. The molecule has 3 heterocycles. The maximum absolute atomic E-state index is 14.2. The van der Waals surface area contributed by atoms with Crippen molar-refractivity contribution in [3.8, 4) is 5.69 Å². The molecular weight excluding hydrogens is 469 g/mol. The molecule has 2 aliphatic rings. The van der Waals surface area contributed by atoms with Gasteiger partial charge >= 0.3 is 6.09 Å². The van der Waals surface area contributed by atoms with Crippen molar-refractivity contribution in [3.05, 3.63) is 70.3 Å². The van der Waals surface area contributed by atoms with Crippen molar-refractivity contribution in [2.24, 2.45) is 0 Å². The first-order chi connectivity index (χ1) is 16.7. The smallest absolute Gasteiger partial charge is 0.411 e. The fourth-order valence-electron chi connectivity index (χ4n) is 5.11. The average molecular weight is 498 g/mol. The lowest BCUT2D eigenvalue weighted by molar-refractivity contribution is 0.0214. The van der Waals surface area contributed by atoms with E-state index in [1.807, 2.05) is 45.0 Å². The Bertz CT molecular complexity index is 1250. The molecule has 1 aliphatic carbocycles. The number of benzene rings is 1. The number of hydrogen-bond acceptors (Lipinski definition) is 5. The van der Waals surface area contributed by atoms with Crippen molar-refractivity contribution in [3.63, 3.8) is 0 Å². The first-order valence-corrected chi connectivity index (χ1v) is 12.4. The zero-order valence-electron chi connectivity index (χ0n) is 20.2. The van der Waals surface area contributed by atoms with Gasteiger partial charge in [-0.1, -0.05) is 17.7 Å². The third kappa shape index (κ3) is 4.89. The van der Waals surface area contributed by atoms with Crippen molar-refractivity contribution in [2.45, 2.75) is 77.0 Å². The number of halogens is 2. The van der Waals surface area contributed by atoms with Gasteiger partial charge in [-0.15, -0.1) is 10.2 Å². The fourth-order valence-corrected chi connectivity index (χ4v) is 5.31. The predicted molar refractivity (Wildman–Crippen MR) is 130 cm³/mol. The highest BCUT2D eigenvalue weighted by Crippen LogP contribution is 2.42. The van der Waals surface area contributed by atoms with E-state index >= 15 is 0 Å². The van der Waals surface area contributed by atoms with Crippen molar-refractivity contribution in [1.29, 1.82) is 0 Å². The topological polar surface area (TPSA) is 73.1 Å². The molecule has 0 radical (unpaired) electrons. The molecular formula is C26H29ClFN5O2. The molecule has 3 aromatic rings. The Balaban J connectivity index is 1.44. The van der Waals surface area contributed by atoms with Crippen LogP contribution in [0.2, 0.25) is 5.02 Å². The summed E-state index contributed by atoms with van der Waals surface area (Å²) in [5, 5.41) is 9.68. The van der Waals surface area contributed by atoms with Crippen molar-refractivity contribution in [2.75, 3.05) is 0 Å². The Kier molecular flexibility index (Phi) is 6.25. The van der Waals surface area contributed by atoms with Crippen LogP contribution < -0.4 is 0 Å². The zero-order valence-corrected chi connectivity index (χ0v) is 20.9. The highest BCUT2D eigenvalue weighted by atomic mass is 35.5. The van der Waals surface area contributed by atoms with Gasteiger partial charge in [0.1, 0.15) is 11.4 Å². The predicted octanol–water partition coefficient (Wildman–Crippen LogP) is 6.15. The number of aromatic nitrogens is 4. The summed E-state index contributed by atoms with van der Waals surface area (Å²) < 4.78 is 21.9. The van der Waals surface area contributed by atoms with Crippen molar-refractivity contribution in [1.82, 2.24) is 24.6 Å². The highest BCUT2D eigenvalue weighted by Gasteiger charge is 2.33. The highest BCUT2D eigenvalue weighted by molar-refractivity contribution is 6.30. The molecule has 2 aromatic heterocycles. The van der Waals surface area contributed by atoms with Crippen LogP contribution in [-0.4, -0.2) is 36.3 Å². The molecule has 184 valence electrons. The maximum atomic E-state index is 14.2. The van der Waals surface area contributed by atoms with Gasteiger partial charge in [-0.25, -0.2) is 9.78 Å². The Labute approximate surface area is 209 Å². The van der Waals surface area contributed by atoms with Crippen LogP contribution in [0, 0.1) is 5.95 Å². The lowest BCUT2D eigenvalue weighted by atomic mass is 9.78. The average Bonchev–Trinajstić information content (AvgIpc) is 3.14. The molecule has 0 saturated heterocycles. The maximum Gasteiger partial charge on any atom is 0.411 e.